The van der Waals surface area contributed by atoms with Crippen molar-refractivity contribution in [3.8, 4) is 0 Å². The van der Waals surface area contributed by atoms with Crippen molar-refractivity contribution in [3.05, 3.63) is 46.1 Å². The number of nitrogen functional groups attached to an aromatic ring is 1. The summed E-state index contributed by atoms with van der Waals surface area (Å²) in [6, 6.07) is 5.68. The van der Waals surface area contributed by atoms with Crippen LogP contribution in [0, 0.1) is 10.1 Å². The normalized spacial score (nSPS) is 10.2. The first-order chi connectivity index (χ1) is 9.00. The second-order valence-electron chi connectivity index (χ2n) is 3.79. The van der Waals surface area contributed by atoms with Crippen LogP contribution < -0.4 is 11.1 Å². The molecule has 0 saturated carbocycles. The zero-order valence-corrected chi connectivity index (χ0v) is 10.0. The van der Waals surface area contributed by atoms with Crippen LogP contribution in [0.15, 0.2) is 30.5 Å². The molecule has 0 unspecified atom stereocenters. The Bertz CT molecular complexity index is 650. The molecule has 0 spiro atoms. The van der Waals surface area contributed by atoms with Crippen molar-refractivity contribution in [2.24, 2.45) is 7.05 Å². The first kappa shape index (κ1) is 12.6. The van der Waals surface area contributed by atoms with E-state index in [1.165, 1.54) is 29.1 Å². The van der Waals surface area contributed by atoms with Crippen LogP contribution in [0.4, 0.5) is 17.2 Å². The molecule has 1 heterocycles. The number of carbonyl (C=O) groups excluding carboxylic acids is 1. The predicted octanol–water partition coefficient (Wildman–Crippen LogP) is 1.16. The lowest BCUT2D eigenvalue weighted by Gasteiger charge is -2.07. The molecule has 0 bridgehead atoms. The summed E-state index contributed by atoms with van der Waals surface area (Å²) in [4.78, 5) is 22.1. The highest BCUT2D eigenvalue weighted by molar-refractivity contribution is 6.08. The molecule has 8 heteroatoms. The minimum Gasteiger partial charge on any atom is -0.393 e. The zero-order chi connectivity index (χ0) is 14.0. The Balaban J connectivity index is 2.32. The SMILES string of the molecule is Cn1nccc1NC(=O)c1cccc([N+](=O)[O-])c1N. The number of nitrogens with two attached hydrogens (primary N) is 1. The number of nitro benzene ring substituents is 1. The van der Waals surface area contributed by atoms with E-state index in [9.17, 15) is 14.9 Å². The third-order valence-electron chi connectivity index (χ3n) is 2.59. The lowest BCUT2D eigenvalue weighted by Crippen LogP contribution is -2.16. The third kappa shape index (κ3) is 2.37. The number of aromatic nitrogens is 2. The van der Waals surface area contributed by atoms with Crippen molar-refractivity contribution in [1.29, 1.82) is 0 Å². The lowest BCUT2D eigenvalue weighted by atomic mass is 10.1. The van der Waals surface area contributed by atoms with Crippen LogP contribution >= 0.6 is 0 Å². The molecule has 1 aromatic heterocycles. The predicted molar refractivity (Wildman–Crippen MR) is 68.7 cm³/mol. The fraction of sp³-hybridized carbons (Fsp3) is 0.0909. The third-order valence-corrected chi connectivity index (χ3v) is 2.59. The number of para-hydroxylation sites is 1. The van der Waals surface area contributed by atoms with E-state index in [4.69, 9.17) is 5.73 Å². The summed E-state index contributed by atoms with van der Waals surface area (Å²) in [5.41, 5.74) is 5.22. The van der Waals surface area contributed by atoms with Gasteiger partial charge >= 0.3 is 0 Å². The minimum atomic E-state index is -0.629. The van der Waals surface area contributed by atoms with Gasteiger partial charge in [0, 0.05) is 19.2 Å². The van der Waals surface area contributed by atoms with Gasteiger partial charge in [-0.05, 0) is 6.07 Å². The summed E-state index contributed by atoms with van der Waals surface area (Å²) in [7, 11) is 1.66. The van der Waals surface area contributed by atoms with Gasteiger partial charge in [-0.2, -0.15) is 5.10 Å². The number of amides is 1. The fourth-order valence-electron chi connectivity index (χ4n) is 1.59. The number of nitrogens with zero attached hydrogens (tertiary/aromatic N) is 3. The molecule has 3 N–H and O–H groups in total. The average molecular weight is 261 g/mol. The van der Waals surface area contributed by atoms with Gasteiger partial charge in [0.1, 0.15) is 11.5 Å². The molecule has 0 radical (unpaired) electrons. The Kier molecular flexibility index (Phi) is 3.15. The van der Waals surface area contributed by atoms with Gasteiger partial charge in [0.2, 0.25) is 0 Å². The molecule has 8 nitrogen and oxygen atoms in total. The van der Waals surface area contributed by atoms with E-state index in [0.29, 0.717) is 5.82 Å². The summed E-state index contributed by atoms with van der Waals surface area (Å²) in [6.45, 7) is 0. The molecule has 19 heavy (non-hydrogen) atoms. The molecule has 2 aromatic rings. The molecular formula is C11H11N5O3. The number of nitro groups is 1. The van der Waals surface area contributed by atoms with Crippen LogP contribution in [-0.2, 0) is 7.05 Å². The number of hydrogen-bond acceptors (Lipinski definition) is 5. The van der Waals surface area contributed by atoms with Crippen molar-refractivity contribution in [2.45, 2.75) is 0 Å². The molecular weight excluding hydrogens is 250 g/mol. The standard InChI is InChI=1S/C11H11N5O3/c1-15-9(5-6-13-15)14-11(17)7-3-2-4-8(10(7)12)16(18)19/h2-6H,12H2,1H3,(H,14,17). The van der Waals surface area contributed by atoms with E-state index in [0.717, 1.165) is 0 Å². The number of anilines is 2. The molecule has 0 fully saturated rings. The molecule has 0 aliphatic carbocycles. The van der Waals surface area contributed by atoms with E-state index in [1.807, 2.05) is 0 Å². The maximum absolute atomic E-state index is 12.0. The second-order valence-corrected chi connectivity index (χ2v) is 3.79. The summed E-state index contributed by atoms with van der Waals surface area (Å²) >= 11 is 0. The number of rotatable bonds is 3. The van der Waals surface area contributed by atoms with E-state index in [2.05, 4.69) is 10.4 Å². The maximum atomic E-state index is 12.0. The number of aryl methyl sites for hydroxylation is 1. The molecule has 98 valence electrons. The number of benzene rings is 1. The van der Waals surface area contributed by atoms with E-state index < -0.39 is 10.8 Å². The monoisotopic (exact) mass is 261 g/mol. The van der Waals surface area contributed by atoms with Gasteiger partial charge in [-0.15, -0.1) is 0 Å². The smallest absolute Gasteiger partial charge is 0.292 e. The lowest BCUT2D eigenvalue weighted by molar-refractivity contribution is -0.383. The summed E-state index contributed by atoms with van der Waals surface area (Å²) < 4.78 is 1.46. The average Bonchev–Trinajstić information content (AvgIpc) is 2.74. The Morgan fingerprint density at radius 2 is 2.21 bits per heavy atom. The van der Waals surface area contributed by atoms with Crippen LogP contribution in [-0.4, -0.2) is 20.6 Å². The van der Waals surface area contributed by atoms with Gasteiger partial charge in [-0.25, -0.2) is 0 Å². The quantitative estimate of drug-likeness (QED) is 0.488. The highest BCUT2D eigenvalue weighted by Gasteiger charge is 2.19. The Labute approximate surface area is 108 Å². The van der Waals surface area contributed by atoms with Crippen molar-refractivity contribution in [3.63, 3.8) is 0 Å². The van der Waals surface area contributed by atoms with Gasteiger partial charge in [0.25, 0.3) is 11.6 Å². The Morgan fingerprint density at radius 1 is 1.47 bits per heavy atom. The Hall–Kier alpha value is -2.90. The van der Waals surface area contributed by atoms with Crippen LogP contribution in [0.2, 0.25) is 0 Å². The first-order valence-corrected chi connectivity index (χ1v) is 5.33. The van der Waals surface area contributed by atoms with Gasteiger partial charge in [0.15, 0.2) is 0 Å². The summed E-state index contributed by atoms with van der Waals surface area (Å²) in [5.74, 6) is -0.0549. The second kappa shape index (κ2) is 4.77. The Morgan fingerprint density at radius 3 is 2.79 bits per heavy atom. The minimum absolute atomic E-state index is 0.0513. The molecule has 0 saturated heterocycles. The van der Waals surface area contributed by atoms with Crippen LogP contribution in [0.25, 0.3) is 0 Å². The molecule has 0 aliphatic heterocycles. The first-order valence-electron chi connectivity index (χ1n) is 5.33. The molecule has 0 atom stereocenters. The van der Waals surface area contributed by atoms with Crippen LogP contribution in [0.5, 0.6) is 0 Å². The van der Waals surface area contributed by atoms with E-state index in [-0.39, 0.29) is 16.9 Å². The van der Waals surface area contributed by atoms with Crippen molar-refractivity contribution in [1.82, 2.24) is 9.78 Å². The molecule has 0 aliphatic rings. The number of nitrogens with one attached hydrogen (secondary N) is 1. The van der Waals surface area contributed by atoms with E-state index >= 15 is 0 Å². The van der Waals surface area contributed by atoms with Gasteiger partial charge in [0.05, 0.1) is 16.7 Å². The van der Waals surface area contributed by atoms with Gasteiger partial charge in [-0.3, -0.25) is 19.6 Å². The highest BCUT2D eigenvalue weighted by atomic mass is 16.6. The van der Waals surface area contributed by atoms with Crippen LogP contribution in [0.1, 0.15) is 10.4 Å². The summed E-state index contributed by atoms with van der Waals surface area (Å²) in [5, 5.41) is 17.2. The van der Waals surface area contributed by atoms with Crippen LogP contribution in [0.3, 0.4) is 0 Å². The zero-order valence-electron chi connectivity index (χ0n) is 10.0. The van der Waals surface area contributed by atoms with Gasteiger partial charge in [-0.1, -0.05) is 6.07 Å². The molecule has 1 amide bonds. The summed E-state index contributed by atoms with van der Waals surface area (Å²) in [6.07, 6.45) is 1.52. The topological polar surface area (TPSA) is 116 Å². The molecule has 2 rings (SSSR count). The van der Waals surface area contributed by atoms with E-state index in [1.54, 1.807) is 13.1 Å². The van der Waals surface area contributed by atoms with Crippen molar-refractivity contribution < 1.29 is 9.72 Å². The fourth-order valence-corrected chi connectivity index (χ4v) is 1.59. The number of hydrogen-bond donors (Lipinski definition) is 2. The largest absolute Gasteiger partial charge is 0.393 e. The number of carbonyl (C=O) groups is 1. The van der Waals surface area contributed by atoms with Crippen molar-refractivity contribution >= 4 is 23.1 Å². The van der Waals surface area contributed by atoms with Crippen molar-refractivity contribution in [2.75, 3.05) is 11.1 Å². The van der Waals surface area contributed by atoms with Gasteiger partial charge < -0.3 is 11.1 Å². The molecule has 1 aromatic carbocycles. The highest BCUT2D eigenvalue weighted by Crippen LogP contribution is 2.25. The maximum Gasteiger partial charge on any atom is 0.292 e.